The van der Waals surface area contributed by atoms with Gasteiger partial charge in [0.05, 0.1) is 18.2 Å². The number of esters is 1. The first-order chi connectivity index (χ1) is 21.7. The molecule has 230 valence electrons. The quantitative estimate of drug-likeness (QED) is 0.312. The average Bonchev–Trinajstić information content (AvgIpc) is 3.71. The summed E-state index contributed by atoms with van der Waals surface area (Å²) >= 11 is 0. The van der Waals surface area contributed by atoms with E-state index in [2.05, 4.69) is 24.7 Å². The van der Waals surface area contributed by atoms with Crippen molar-refractivity contribution in [1.82, 2.24) is 19.9 Å². The summed E-state index contributed by atoms with van der Waals surface area (Å²) in [7, 11) is 1.32. The molecule has 0 fully saturated rings. The fourth-order valence-electron chi connectivity index (χ4n) is 5.27. The average molecular weight is 609 g/mol. The first-order valence-corrected chi connectivity index (χ1v) is 14.6. The highest BCUT2D eigenvalue weighted by Gasteiger charge is 2.25. The van der Waals surface area contributed by atoms with Crippen LogP contribution in [0.3, 0.4) is 0 Å². The lowest BCUT2D eigenvalue weighted by Crippen LogP contribution is -2.27. The number of fused-ring (bicyclic) bond motifs is 2. The Bertz CT molecular complexity index is 1760. The van der Waals surface area contributed by atoms with Crippen molar-refractivity contribution < 1.29 is 29.0 Å². The third-order valence-electron chi connectivity index (χ3n) is 7.65. The van der Waals surface area contributed by atoms with Crippen molar-refractivity contribution in [2.75, 3.05) is 30.0 Å². The van der Waals surface area contributed by atoms with Crippen LogP contribution < -0.4 is 9.80 Å². The van der Waals surface area contributed by atoms with Gasteiger partial charge in [-0.1, -0.05) is 13.8 Å². The summed E-state index contributed by atoms with van der Waals surface area (Å²) in [5.74, 6) is -0.231. The highest BCUT2D eigenvalue weighted by atomic mass is 16.5. The Kier molecular flexibility index (Phi) is 9.22. The summed E-state index contributed by atoms with van der Waals surface area (Å²) in [5.41, 5.74) is 6.17. The lowest BCUT2D eigenvalue weighted by molar-refractivity contribution is -0.119. The summed E-state index contributed by atoms with van der Waals surface area (Å²) in [4.78, 5) is 66.3. The van der Waals surface area contributed by atoms with Crippen molar-refractivity contribution >= 4 is 35.1 Å². The fraction of sp³-hybridized carbons (Fsp3) is 0.273. The summed E-state index contributed by atoms with van der Waals surface area (Å²) in [5, 5.41) is 8.86. The molecular weight excluding hydrogens is 576 g/mol. The van der Waals surface area contributed by atoms with Gasteiger partial charge in [-0.15, -0.1) is 0 Å². The van der Waals surface area contributed by atoms with Gasteiger partial charge >= 0.3 is 11.9 Å². The van der Waals surface area contributed by atoms with E-state index >= 15 is 0 Å². The number of aromatic nitrogens is 4. The summed E-state index contributed by atoms with van der Waals surface area (Å²) in [6.07, 6.45) is 8.12. The molecule has 2 aliphatic heterocycles. The monoisotopic (exact) mass is 608 g/mol. The maximum Gasteiger partial charge on any atom is 0.341 e. The van der Waals surface area contributed by atoms with Crippen molar-refractivity contribution in [3.8, 4) is 22.8 Å². The van der Waals surface area contributed by atoms with Crippen LogP contribution >= 0.6 is 0 Å². The largest absolute Gasteiger partial charge is 0.478 e. The van der Waals surface area contributed by atoms with Gasteiger partial charge < -0.3 is 19.6 Å². The lowest BCUT2D eigenvalue weighted by Gasteiger charge is -2.16. The number of carbonyl (C=O) groups excluding carboxylic acids is 3. The molecule has 0 saturated heterocycles. The van der Waals surface area contributed by atoms with E-state index in [1.807, 2.05) is 55.1 Å². The van der Waals surface area contributed by atoms with E-state index < -0.39 is 11.9 Å². The molecule has 0 aliphatic carbocycles. The zero-order chi connectivity index (χ0) is 32.1. The van der Waals surface area contributed by atoms with E-state index in [0.717, 1.165) is 46.5 Å². The molecule has 2 aromatic carbocycles. The second kappa shape index (κ2) is 13.4. The van der Waals surface area contributed by atoms with E-state index in [9.17, 15) is 19.2 Å². The van der Waals surface area contributed by atoms with E-state index in [1.165, 1.54) is 31.9 Å². The lowest BCUT2D eigenvalue weighted by atomic mass is 10.1. The van der Waals surface area contributed by atoms with Gasteiger partial charge in [0.15, 0.2) is 11.6 Å². The summed E-state index contributed by atoms with van der Waals surface area (Å²) in [6, 6.07) is 11.6. The smallest absolute Gasteiger partial charge is 0.341 e. The van der Waals surface area contributed by atoms with Gasteiger partial charge in [0, 0.05) is 73.2 Å². The molecule has 0 atom stereocenters. The van der Waals surface area contributed by atoms with Crippen LogP contribution in [0.1, 0.15) is 58.5 Å². The third kappa shape index (κ3) is 6.54. The maximum absolute atomic E-state index is 11.9. The van der Waals surface area contributed by atoms with Gasteiger partial charge in [-0.05, 0) is 60.4 Å². The summed E-state index contributed by atoms with van der Waals surface area (Å²) in [6.45, 7) is 5.13. The minimum atomic E-state index is -1.05. The molecule has 0 bridgehead atoms. The van der Waals surface area contributed by atoms with Crippen molar-refractivity contribution in [3.05, 3.63) is 83.4 Å². The van der Waals surface area contributed by atoms with Crippen LogP contribution in [0.15, 0.2) is 61.2 Å². The van der Waals surface area contributed by atoms with Crippen LogP contribution in [0.4, 0.5) is 11.4 Å². The van der Waals surface area contributed by atoms with Crippen LogP contribution in [-0.4, -0.2) is 69.0 Å². The van der Waals surface area contributed by atoms with Crippen LogP contribution in [0.25, 0.3) is 22.8 Å². The van der Waals surface area contributed by atoms with Gasteiger partial charge in [-0.25, -0.2) is 29.5 Å². The number of benzene rings is 2. The van der Waals surface area contributed by atoms with Gasteiger partial charge in [-0.3, -0.25) is 9.59 Å². The molecule has 45 heavy (non-hydrogen) atoms. The second-order valence-electron chi connectivity index (χ2n) is 10.4. The summed E-state index contributed by atoms with van der Waals surface area (Å²) < 4.78 is 4.63. The van der Waals surface area contributed by atoms with Crippen molar-refractivity contribution in [2.45, 2.75) is 39.5 Å². The fourth-order valence-corrected chi connectivity index (χ4v) is 5.27. The molecule has 12 heteroatoms. The SMILES string of the molecule is CCC(=O)N1CCc2cc(-c3ncc(C(=O)O)cn3)ccc21.CCC(=O)N1CCc2cc(-c3ncc(C(=O)OC)cn3)ccc21. The van der Waals surface area contributed by atoms with Gasteiger partial charge in [-0.2, -0.15) is 0 Å². The molecule has 1 N–H and O–H groups in total. The molecule has 2 aromatic heterocycles. The van der Waals surface area contributed by atoms with Crippen molar-refractivity contribution in [3.63, 3.8) is 0 Å². The van der Waals surface area contributed by atoms with Gasteiger partial charge in [0.1, 0.15) is 0 Å². The standard InChI is InChI=1S/C17H17N3O3.C16H15N3O3/c1-3-15(21)20-7-6-11-8-12(4-5-14(11)20)16-18-9-13(10-19-16)17(22)23-2;1-2-14(20)19-6-5-10-7-11(3-4-13(10)19)15-17-8-12(9-18-15)16(21)22/h4-5,8-10H,3,6-7H2,1-2H3;3-4,7-9H,2,5-6H2,1H3,(H,21,22). The normalized spacial score (nSPS) is 13.0. The molecule has 4 heterocycles. The first kappa shape index (κ1) is 30.9. The molecule has 0 saturated carbocycles. The number of carboxylic acids is 1. The second-order valence-corrected chi connectivity index (χ2v) is 10.4. The predicted molar refractivity (Wildman–Crippen MR) is 166 cm³/mol. The van der Waals surface area contributed by atoms with Gasteiger partial charge in [0.2, 0.25) is 11.8 Å². The molecule has 0 radical (unpaired) electrons. The van der Waals surface area contributed by atoms with Crippen LogP contribution in [0.5, 0.6) is 0 Å². The number of carboxylic acid groups (broad SMARTS) is 1. The Balaban J connectivity index is 0.000000178. The number of nitrogens with zero attached hydrogens (tertiary/aromatic N) is 6. The number of hydrogen-bond donors (Lipinski definition) is 1. The molecular formula is C33H32N6O6. The van der Waals surface area contributed by atoms with Crippen LogP contribution in [0.2, 0.25) is 0 Å². The minimum absolute atomic E-state index is 0.0598. The Morgan fingerprint density at radius 3 is 1.51 bits per heavy atom. The molecule has 12 nitrogen and oxygen atoms in total. The Morgan fingerprint density at radius 2 is 1.13 bits per heavy atom. The number of hydrogen-bond acceptors (Lipinski definition) is 9. The molecule has 2 amide bonds. The maximum atomic E-state index is 11.9. The molecule has 4 aromatic rings. The van der Waals surface area contributed by atoms with Crippen molar-refractivity contribution in [1.29, 1.82) is 0 Å². The molecule has 6 rings (SSSR count). The number of ether oxygens (including phenoxy) is 1. The number of carbonyl (C=O) groups is 4. The number of anilines is 2. The molecule has 0 spiro atoms. The van der Waals surface area contributed by atoms with E-state index in [0.29, 0.717) is 43.1 Å². The van der Waals surface area contributed by atoms with E-state index in [4.69, 9.17) is 5.11 Å². The molecule has 2 aliphatic rings. The topological polar surface area (TPSA) is 156 Å². The minimum Gasteiger partial charge on any atom is -0.478 e. The van der Waals surface area contributed by atoms with Crippen LogP contribution in [-0.2, 0) is 27.2 Å². The molecule has 0 unspecified atom stereocenters. The number of rotatable bonds is 6. The zero-order valence-corrected chi connectivity index (χ0v) is 25.2. The predicted octanol–water partition coefficient (Wildman–Crippen LogP) is 4.37. The van der Waals surface area contributed by atoms with Gasteiger partial charge in [0.25, 0.3) is 0 Å². The Hall–Kier alpha value is -5.52. The van der Waals surface area contributed by atoms with E-state index in [1.54, 1.807) is 4.90 Å². The number of aromatic carboxylic acids is 1. The Labute approximate surface area is 259 Å². The zero-order valence-electron chi connectivity index (χ0n) is 25.2. The van der Waals surface area contributed by atoms with E-state index in [-0.39, 0.29) is 17.4 Å². The Morgan fingerprint density at radius 1 is 0.711 bits per heavy atom. The number of methoxy groups -OCH3 is 1. The highest BCUT2D eigenvalue weighted by molar-refractivity contribution is 5.96. The highest BCUT2D eigenvalue weighted by Crippen LogP contribution is 2.33. The third-order valence-corrected chi connectivity index (χ3v) is 7.65. The van der Waals surface area contributed by atoms with Crippen LogP contribution in [0, 0.1) is 0 Å². The van der Waals surface area contributed by atoms with Crippen molar-refractivity contribution in [2.24, 2.45) is 0 Å². The first-order valence-electron chi connectivity index (χ1n) is 14.6. The number of amides is 2.